The van der Waals surface area contributed by atoms with Crippen molar-refractivity contribution in [3.63, 3.8) is 0 Å². The summed E-state index contributed by atoms with van der Waals surface area (Å²) in [7, 11) is 1.92. The van der Waals surface area contributed by atoms with E-state index in [-0.39, 0.29) is 6.04 Å². The number of likely N-dealkylation sites (N-methyl/N-ethyl adjacent to an activating group) is 1. The minimum atomic E-state index is 0.0308. The molecule has 2 aliphatic heterocycles. The first-order valence-electron chi connectivity index (χ1n) is 8.32. The van der Waals surface area contributed by atoms with Gasteiger partial charge in [0.15, 0.2) is 0 Å². The zero-order chi connectivity index (χ0) is 14.5. The summed E-state index contributed by atoms with van der Waals surface area (Å²) in [5, 5.41) is 3.21. The van der Waals surface area contributed by atoms with E-state index in [4.69, 9.17) is 0 Å². The van der Waals surface area contributed by atoms with E-state index in [1.165, 1.54) is 25.9 Å². The van der Waals surface area contributed by atoms with E-state index < -0.39 is 0 Å². The van der Waals surface area contributed by atoms with Crippen molar-refractivity contribution in [1.29, 1.82) is 0 Å². The molecule has 116 valence electrons. The van der Waals surface area contributed by atoms with Gasteiger partial charge < -0.3 is 15.1 Å². The molecule has 2 aliphatic rings. The lowest BCUT2D eigenvalue weighted by Gasteiger charge is -2.34. The van der Waals surface area contributed by atoms with Crippen molar-refractivity contribution in [3.05, 3.63) is 0 Å². The van der Waals surface area contributed by atoms with Gasteiger partial charge in [0.05, 0.1) is 6.04 Å². The number of hydrogen-bond donors (Lipinski definition) is 1. The molecule has 0 saturated carbocycles. The first kappa shape index (κ1) is 15.8. The monoisotopic (exact) mass is 281 g/mol. The normalized spacial score (nSPS) is 30.6. The van der Waals surface area contributed by atoms with E-state index in [0.717, 1.165) is 32.5 Å². The van der Waals surface area contributed by atoms with E-state index >= 15 is 0 Å². The molecular weight excluding hydrogens is 250 g/mol. The van der Waals surface area contributed by atoms with Crippen LogP contribution in [0.5, 0.6) is 0 Å². The van der Waals surface area contributed by atoms with Gasteiger partial charge in [0.2, 0.25) is 5.91 Å². The Labute approximate surface area is 123 Å². The van der Waals surface area contributed by atoms with Crippen LogP contribution >= 0.6 is 0 Å². The predicted octanol–water partition coefficient (Wildman–Crippen LogP) is 1.56. The fraction of sp³-hybridized carbons (Fsp3) is 0.938. The van der Waals surface area contributed by atoms with Gasteiger partial charge in [-0.15, -0.1) is 0 Å². The van der Waals surface area contributed by atoms with Gasteiger partial charge in [-0.2, -0.15) is 0 Å². The van der Waals surface area contributed by atoms with Gasteiger partial charge in [-0.1, -0.05) is 13.8 Å². The van der Waals surface area contributed by atoms with E-state index in [2.05, 4.69) is 29.0 Å². The fourth-order valence-electron chi connectivity index (χ4n) is 3.55. The van der Waals surface area contributed by atoms with Crippen LogP contribution in [0.3, 0.4) is 0 Å². The number of likely N-dealkylation sites (tertiary alicyclic amines) is 2. The van der Waals surface area contributed by atoms with Crippen molar-refractivity contribution in [2.75, 3.05) is 39.8 Å². The molecule has 4 nitrogen and oxygen atoms in total. The Morgan fingerprint density at radius 2 is 1.90 bits per heavy atom. The molecule has 1 amide bonds. The molecule has 1 N–H and O–H groups in total. The lowest BCUT2D eigenvalue weighted by atomic mass is 9.96. The Balaban J connectivity index is 1.89. The highest BCUT2D eigenvalue weighted by atomic mass is 16.2. The highest BCUT2D eigenvalue weighted by Crippen LogP contribution is 2.22. The first-order chi connectivity index (χ1) is 9.63. The summed E-state index contributed by atoms with van der Waals surface area (Å²) in [5.41, 5.74) is 0. The van der Waals surface area contributed by atoms with E-state index in [9.17, 15) is 4.79 Å². The van der Waals surface area contributed by atoms with Crippen molar-refractivity contribution < 1.29 is 4.79 Å². The molecule has 20 heavy (non-hydrogen) atoms. The zero-order valence-electron chi connectivity index (χ0n) is 13.4. The smallest absolute Gasteiger partial charge is 0.239 e. The molecule has 4 heteroatoms. The second kappa shape index (κ2) is 7.41. The van der Waals surface area contributed by atoms with Crippen LogP contribution in [0.25, 0.3) is 0 Å². The minimum Gasteiger partial charge on any atom is -0.341 e. The number of nitrogens with zero attached hydrogens (tertiary/aromatic N) is 2. The lowest BCUT2D eigenvalue weighted by molar-refractivity contribution is -0.133. The van der Waals surface area contributed by atoms with Crippen molar-refractivity contribution >= 4 is 5.91 Å². The van der Waals surface area contributed by atoms with Gasteiger partial charge in [0.25, 0.3) is 0 Å². The number of nitrogens with one attached hydrogen (secondary N) is 1. The van der Waals surface area contributed by atoms with Gasteiger partial charge in [0, 0.05) is 13.1 Å². The molecule has 0 spiro atoms. The van der Waals surface area contributed by atoms with Gasteiger partial charge in [0.1, 0.15) is 0 Å². The molecule has 2 fully saturated rings. The van der Waals surface area contributed by atoms with Gasteiger partial charge in [-0.05, 0) is 64.2 Å². The van der Waals surface area contributed by atoms with Crippen LogP contribution in [0.2, 0.25) is 0 Å². The summed E-state index contributed by atoms with van der Waals surface area (Å²) in [6.07, 6.45) is 4.63. The second-order valence-electron chi connectivity index (χ2n) is 6.63. The summed E-state index contributed by atoms with van der Waals surface area (Å²) in [5.74, 6) is 1.67. The molecule has 0 aromatic heterocycles. The highest BCUT2D eigenvalue weighted by Gasteiger charge is 2.30. The Hall–Kier alpha value is -0.610. The van der Waals surface area contributed by atoms with Gasteiger partial charge in [-0.25, -0.2) is 0 Å². The summed E-state index contributed by atoms with van der Waals surface area (Å²) < 4.78 is 0. The van der Waals surface area contributed by atoms with Crippen LogP contribution in [0, 0.1) is 11.8 Å². The van der Waals surface area contributed by atoms with E-state index in [1.807, 2.05) is 7.05 Å². The molecule has 0 aliphatic carbocycles. The SMILES string of the molecule is CCN1CCC(CN2CCC(C)CC(NC)C2=O)CC1. The topological polar surface area (TPSA) is 35.6 Å². The zero-order valence-corrected chi connectivity index (χ0v) is 13.4. The van der Waals surface area contributed by atoms with Crippen molar-refractivity contribution in [1.82, 2.24) is 15.1 Å². The van der Waals surface area contributed by atoms with Gasteiger partial charge in [-0.3, -0.25) is 4.79 Å². The maximum atomic E-state index is 12.6. The predicted molar refractivity (Wildman–Crippen MR) is 82.7 cm³/mol. The van der Waals surface area contributed by atoms with Crippen LogP contribution in [-0.2, 0) is 4.79 Å². The summed E-state index contributed by atoms with van der Waals surface area (Å²) in [6.45, 7) is 9.99. The minimum absolute atomic E-state index is 0.0308. The maximum absolute atomic E-state index is 12.6. The molecule has 0 radical (unpaired) electrons. The Kier molecular flexibility index (Phi) is 5.85. The number of piperidine rings is 1. The number of amides is 1. The van der Waals surface area contributed by atoms with E-state index in [1.54, 1.807) is 0 Å². The summed E-state index contributed by atoms with van der Waals surface area (Å²) >= 11 is 0. The molecule has 2 rings (SSSR count). The third-order valence-electron chi connectivity index (χ3n) is 5.12. The van der Waals surface area contributed by atoms with Crippen LogP contribution in [0.15, 0.2) is 0 Å². The average molecular weight is 281 g/mol. The van der Waals surface area contributed by atoms with Crippen LogP contribution in [0.1, 0.15) is 39.5 Å². The number of hydrogen-bond acceptors (Lipinski definition) is 3. The van der Waals surface area contributed by atoms with Crippen LogP contribution < -0.4 is 5.32 Å². The third-order valence-corrected chi connectivity index (χ3v) is 5.12. The second-order valence-corrected chi connectivity index (χ2v) is 6.63. The number of carbonyl (C=O) groups is 1. The molecule has 2 heterocycles. The summed E-state index contributed by atoms with van der Waals surface area (Å²) in [6, 6.07) is 0.0308. The Bertz CT molecular complexity index is 313. The maximum Gasteiger partial charge on any atom is 0.239 e. The first-order valence-corrected chi connectivity index (χ1v) is 8.32. The molecule has 0 aromatic rings. The van der Waals surface area contributed by atoms with Gasteiger partial charge >= 0.3 is 0 Å². The van der Waals surface area contributed by atoms with E-state index in [0.29, 0.717) is 17.7 Å². The Morgan fingerprint density at radius 1 is 1.20 bits per heavy atom. The number of carbonyl (C=O) groups excluding carboxylic acids is 1. The largest absolute Gasteiger partial charge is 0.341 e. The summed E-state index contributed by atoms with van der Waals surface area (Å²) in [4.78, 5) is 17.2. The standard InChI is InChI=1S/C16H31N3O/c1-4-18-8-6-14(7-9-18)12-19-10-5-13(2)11-15(17-3)16(19)20/h13-15,17H,4-12H2,1-3H3. The highest BCUT2D eigenvalue weighted by molar-refractivity contribution is 5.82. The molecule has 2 atom stereocenters. The molecule has 0 bridgehead atoms. The molecule has 2 unspecified atom stereocenters. The third kappa shape index (κ3) is 3.95. The molecule has 2 saturated heterocycles. The molecule has 0 aromatic carbocycles. The number of rotatable bonds is 4. The average Bonchev–Trinajstić information content (AvgIpc) is 2.61. The quantitative estimate of drug-likeness (QED) is 0.849. The van der Waals surface area contributed by atoms with Crippen molar-refractivity contribution in [3.8, 4) is 0 Å². The molecular formula is C16H31N3O. The fourth-order valence-corrected chi connectivity index (χ4v) is 3.55. The van der Waals surface area contributed by atoms with Crippen LogP contribution in [0.4, 0.5) is 0 Å². The van der Waals surface area contributed by atoms with Crippen LogP contribution in [-0.4, -0.2) is 61.5 Å². The van der Waals surface area contributed by atoms with Crippen molar-refractivity contribution in [2.45, 2.75) is 45.6 Å². The Morgan fingerprint density at radius 3 is 2.50 bits per heavy atom. The lowest BCUT2D eigenvalue weighted by Crippen LogP contribution is -2.47. The van der Waals surface area contributed by atoms with Crippen molar-refractivity contribution in [2.24, 2.45) is 11.8 Å².